The zero-order valence-corrected chi connectivity index (χ0v) is 18.5. The van der Waals surface area contributed by atoms with Gasteiger partial charge < -0.3 is 4.74 Å². The smallest absolute Gasteiger partial charge is 0.264 e. The maximum absolute atomic E-state index is 13.7. The third kappa shape index (κ3) is 5.43. The van der Waals surface area contributed by atoms with E-state index >= 15 is 0 Å². The summed E-state index contributed by atoms with van der Waals surface area (Å²) in [7, 11) is -2.68. The molecule has 0 unspecified atom stereocenters. The van der Waals surface area contributed by atoms with Gasteiger partial charge in [0.05, 0.1) is 28.9 Å². The van der Waals surface area contributed by atoms with Crippen molar-refractivity contribution in [3.05, 3.63) is 89.2 Å². The van der Waals surface area contributed by atoms with Crippen LogP contribution in [0.1, 0.15) is 5.56 Å². The lowest BCUT2D eigenvalue weighted by molar-refractivity contribution is -0.119. The maximum atomic E-state index is 13.7. The average molecular weight is 476 g/mol. The highest BCUT2D eigenvalue weighted by atomic mass is 35.5. The number of halogens is 2. The Morgan fingerprint density at radius 3 is 2.47 bits per heavy atom. The molecule has 0 atom stereocenters. The Labute approximate surface area is 190 Å². The van der Waals surface area contributed by atoms with E-state index in [1.54, 1.807) is 24.3 Å². The van der Waals surface area contributed by atoms with Crippen molar-refractivity contribution < 1.29 is 22.3 Å². The number of nitrogens with zero attached hydrogens (tertiary/aromatic N) is 2. The second-order valence-electron chi connectivity index (χ2n) is 6.46. The van der Waals surface area contributed by atoms with Crippen LogP contribution in [0.5, 0.6) is 5.75 Å². The molecule has 3 aromatic carbocycles. The van der Waals surface area contributed by atoms with Crippen molar-refractivity contribution in [2.24, 2.45) is 5.10 Å². The fourth-order valence-electron chi connectivity index (χ4n) is 2.76. The van der Waals surface area contributed by atoms with Crippen LogP contribution in [0, 0.1) is 5.82 Å². The van der Waals surface area contributed by atoms with E-state index in [1.807, 2.05) is 0 Å². The van der Waals surface area contributed by atoms with Gasteiger partial charge in [0.1, 0.15) is 18.1 Å². The lowest BCUT2D eigenvalue weighted by atomic mass is 10.2. The van der Waals surface area contributed by atoms with E-state index in [1.165, 1.54) is 55.6 Å². The summed E-state index contributed by atoms with van der Waals surface area (Å²) in [6.07, 6.45) is 1.13. The SMILES string of the molecule is COc1ccc(N(CC(=O)N/N=C\c2ccccc2F)S(=O)(=O)c2ccccc2)cc1Cl. The van der Waals surface area contributed by atoms with E-state index in [0.717, 1.165) is 10.5 Å². The second kappa shape index (κ2) is 10.3. The molecule has 0 saturated heterocycles. The van der Waals surface area contributed by atoms with Crippen molar-refractivity contribution in [2.45, 2.75) is 4.90 Å². The molecule has 3 rings (SSSR count). The highest BCUT2D eigenvalue weighted by molar-refractivity contribution is 7.92. The van der Waals surface area contributed by atoms with Crippen LogP contribution in [-0.4, -0.2) is 34.2 Å². The molecule has 7 nitrogen and oxygen atoms in total. The summed E-state index contributed by atoms with van der Waals surface area (Å²) in [4.78, 5) is 12.5. The fourth-order valence-corrected chi connectivity index (χ4v) is 4.45. The van der Waals surface area contributed by atoms with E-state index < -0.39 is 28.3 Å². The van der Waals surface area contributed by atoms with E-state index in [2.05, 4.69) is 10.5 Å². The number of amides is 1. The van der Waals surface area contributed by atoms with E-state index in [-0.39, 0.29) is 21.2 Å². The van der Waals surface area contributed by atoms with E-state index in [4.69, 9.17) is 16.3 Å². The van der Waals surface area contributed by atoms with Gasteiger partial charge in [0, 0.05) is 5.56 Å². The molecule has 0 heterocycles. The number of anilines is 1. The lowest BCUT2D eigenvalue weighted by Crippen LogP contribution is -2.39. The van der Waals surface area contributed by atoms with Gasteiger partial charge in [0.2, 0.25) is 0 Å². The monoisotopic (exact) mass is 475 g/mol. The molecule has 0 aliphatic heterocycles. The van der Waals surface area contributed by atoms with Gasteiger partial charge in [-0.1, -0.05) is 48.0 Å². The van der Waals surface area contributed by atoms with Gasteiger partial charge in [-0.2, -0.15) is 5.10 Å². The lowest BCUT2D eigenvalue weighted by Gasteiger charge is -2.24. The van der Waals surface area contributed by atoms with Crippen molar-refractivity contribution in [3.63, 3.8) is 0 Å². The van der Waals surface area contributed by atoms with Gasteiger partial charge in [-0.25, -0.2) is 18.2 Å². The normalized spacial score (nSPS) is 11.3. The number of hydrogen-bond acceptors (Lipinski definition) is 5. The molecule has 0 radical (unpaired) electrons. The molecule has 1 N–H and O–H groups in total. The minimum atomic E-state index is -4.11. The molecule has 166 valence electrons. The Hall–Kier alpha value is -3.43. The largest absolute Gasteiger partial charge is 0.495 e. The summed E-state index contributed by atoms with van der Waals surface area (Å²) < 4.78 is 46.2. The predicted octanol–water partition coefficient (Wildman–Crippen LogP) is 3.83. The number of rotatable bonds is 8. The van der Waals surface area contributed by atoms with Gasteiger partial charge in [-0.15, -0.1) is 0 Å². The van der Waals surface area contributed by atoms with Crippen LogP contribution in [0.25, 0.3) is 0 Å². The zero-order valence-electron chi connectivity index (χ0n) is 16.9. The highest BCUT2D eigenvalue weighted by Gasteiger charge is 2.27. The predicted molar refractivity (Wildman–Crippen MR) is 121 cm³/mol. The van der Waals surface area contributed by atoms with Crippen LogP contribution < -0.4 is 14.5 Å². The van der Waals surface area contributed by atoms with Crippen LogP contribution in [0.2, 0.25) is 5.02 Å². The first-order valence-electron chi connectivity index (χ1n) is 9.30. The Kier molecular flexibility index (Phi) is 7.45. The van der Waals surface area contributed by atoms with Crippen molar-refractivity contribution in [1.82, 2.24) is 5.43 Å². The summed E-state index contributed by atoms with van der Waals surface area (Å²) >= 11 is 6.17. The number of hydrogen-bond donors (Lipinski definition) is 1. The van der Waals surface area contributed by atoms with Crippen LogP contribution in [0.3, 0.4) is 0 Å². The number of carbonyl (C=O) groups excluding carboxylic acids is 1. The van der Waals surface area contributed by atoms with Crippen LogP contribution in [0.15, 0.2) is 82.8 Å². The van der Waals surface area contributed by atoms with Crippen molar-refractivity contribution in [1.29, 1.82) is 0 Å². The van der Waals surface area contributed by atoms with Crippen molar-refractivity contribution in [3.8, 4) is 5.75 Å². The molecular weight excluding hydrogens is 457 g/mol. The Morgan fingerprint density at radius 1 is 1.12 bits per heavy atom. The van der Waals surface area contributed by atoms with Gasteiger partial charge in [-0.3, -0.25) is 9.10 Å². The van der Waals surface area contributed by atoms with Crippen LogP contribution in [-0.2, 0) is 14.8 Å². The van der Waals surface area contributed by atoms with Gasteiger partial charge >= 0.3 is 0 Å². The molecule has 0 spiro atoms. The molecular formula is C22H19ClFN3O4S. The maximum Gasteiger partial charge on any atom is 0.264 e. The summed E-state index contributed by atoms with van der Waals surface area (Å²) in [5, 5.41) is 3.89. The van der Waals surface area contributed by atoms with Crippen LogP contribution in [0.4, 0.5) is 10.1 Å². The summed E-state index contributed by atoms with van der Waals surface area (Å²) in [6.45, 7) is -0.589. The summed E-state index contributed by atoms with van der Waals surface area (Å²) in [5.41, 5.74) is 2.55. The summed E-state index contributed by atoms with van der Waals surface area (Å²) in [6, 6.07) is 17.9. The first-order valence-corrected chi connectivity index (χ1v) is 11.1. The molecule has 0 aromatic heterocycles. The third-order valence-corrected chi connectivity index (χ3v) is 6.42. The number of benzene rings is 3. The highest BCUT2D eigenvalue weighted by Crippen LogP contribution is 2.31. The van der Waals surface area contributed by atoms with Gasteiger partial charge in [-0.05, 0) is 36.4 Å². The molecule has 0 saturated carbocycles. The number of hydrazone groups is 1. The fraction of sp³-hybridized carbons (Fsp3) is 0.0909. The molecule has 10 heteroatoms. The second-order valence-corrected chi connectivity index (χ2v) is 8.73. The quantitative estimate of drug-likeness (QED) is 0.396. The number of carbonyl (C=O) groups is 1. The first-order chi connectivity index (χ1) is 15.3. The molecule has 32 heavy (non-hydrogen) atoms. The molecule has 0 aliphatic carbocycles. The van der Waals surface area contributed by atoms with Gasteiger partial charge in [0.25, 0.3) is 15.9 Å². The van der Waals surface area contributed by atoms with Gasteiger partial charge in [0.15, 0.2) is 0 Å². The minimum Gasteiger partial charge on any atom is -0.495 e. The minimum absolute atomic E-state index is 0.00500. The Balaban J connectivity index is 1.88. The molecule has 1 amide bonds. The first kappa shape index (κ1) is 23.2. The van der Waals surface area contributed by atoms with E-state index in [0.29, 0.717) is 5.75 Å². The molecule has 0 bridgehead atoms. The molecule has 0 aliphatic rings. The number of ether oxygens (including phenoxy) is 1. The standard InChI is InChI=1S/C22H19ClFN3O4S/c1-31-21-12-11-17(13-19(21)23)27(32(29,30)18-8-3-2-4-9-18)15-22(28)26-25-14-16-7-5-6-10-20(16)24/h2-14H,15H2,1H3,(H,26,28)/b25-14-. The Morgan fingerprint density at radius 2 is 1.81 bits per heavy atom. The molecule has 0 fully saturated rings. The number of sulfonamides is 1. The number of nitrogens with one attached hydrogen (secondary N) is 1. The Bertz CT molecular complexity index is 1240. The summed E-state index contributed by atoms with van der Waals surface area (Å²) in [5.74, 6) is -0.887. The number of methoxy groups -OCH3 is 1. The zero-order chi connectivity index (χ0) is 23.1. The topological polar surface area (TPSA) is 88.1 Å². The van der Waals surface area contributed by atoms with E-state index in [9.17, 15) is 17.6 Å². The van der Waals surface area contributed by atoms with Crippen molar-refractivity contribution >= 4 is 39.4 Å². The third-order valence-electron chi connectivity index (χ3n) is 4.34. The van der Waals surface area contributed by atoms with Crippen molar-refractivity contribution in [2.75, 3.05) is 18.0 Å². The molecule has 3 aromatic rings. The average Bonchev–Trinajstić information content (AvgIpc) is 2.79. The van der Waals surface area contributed by atoms with Crippen LogP contribution >= 0.6 is 11.6 Å².